The van der Waals surface area contributed by atoms with E-state index >= 15 is 0 Å². The van der Waals surface area contributed by atoms with Gasteiger partial charge >= 0.3 is 0 Å². The van der Waals surface area contributed by atoms with Crippen LogP contribution in [0.25, 0.3) is 0 Å². The molecule has 2 saturated carbocycles. The van der Waals surface area contributed by atoms with Crippen LogP contribution in [0.3, 0.4) is 0 Å². The summed E-state index contributed by atoms with van der Waals surface area (Å²) < 4.78 is 0. The first-order valence-electron chi connectivity index (χ1n) is 8.21. The van der Waals surface area contributed by atoms with Crippen molar-refractivity contribution in [1.82, 2.24) is 4.90 Å². The zero-order valence-corrected chi connectivity index (χ0v) is 13.1. The average molecular weight is 263 g/mol. The minimum Gasteiger partial charge on any atom is -0.297 e. The van der Waals surface area contributed by atoms with Crippen LogP contribution in [0.4, 0.5) is 0 Å². The van der Waals surface area contributed by atoms with Gasteiger partial charge in [0.25, 0.3) is 0 Å². The molecular formula is C17H29NO. The van der Waals surface area contributed by atoms with Gasteiger partial charge in [-0.1, -0.05) is 34.1 Å². The van der Waals surface area contributed by atoms with E-state index < -0.39 is 0 Å². The molecule has 0 N–H and O–H groups in total. The monoisotopic (exact) mass is 263 g/mol. The number of fused-ring (bicyclic) bond motifs is 2. The van der Waals surface area contributed by atoms with E-state index in [0.29, 0.717) is 11.7 Å². The third kappa shape index (κ3) is 1.39. The number of piperidine rings is 1. The first kappa shape index (κ1) is 13.6. The lowest BCUT2D eigenvalue weighted by Gasteiger charge is -2.48. The molecule has 2 bridgehead atoms. The number of hydrogen-bond acceptors (Lipinski definition) is 2. The molecular weight excluding hydrogens is 234 g/mol. The lowest BCUT2D eigenvalue weighted by Crippen LogP contribution is -2.60. The Kier molecular flexibility index (Phi) is 2.91. The van der Waals surface area contributed by atoms with Crippen molar-refractivity contribution in [3.8, 4) is 0 Å². The zero-order valence-electron chi connectivity index (χ0n) is 13.1. The minimum atomic E-state index is -0.128. The molecule has 0 amide bonds. The molecule has 2 nitrogen and oxygen atoms in total. The van der Waals surface area contributed by atoms with Gasteiger partial charge in [0.1, 0.15) is 0 Å². The Balaban J connectivity index is 2.05. The van der Waals surface area contributed by atoms with E-state index in [1.54, 1.807) is 0 Å². The summed E-state index contributed by atoms with van der Waals surface area (Å²) in [5.41, 5.74) is -0.0282. The maximum absolute atomic E-state index is 13.3. The van der Waals surface area contributed by atoms with E-state index in [0.717, 1.165) is 25.9 Å². The Bertz CT molecular complexity index is 396. The van der Waals surface area contributed by atoms with Crippen LogP contribution < -0.4 is 0 Å². The van der Waals surface area contributed by atoms with Gasteiger partial charge in [-0.2, -0.15) is 0 Å². The Hall–Kier alpha value is -0.370. The number of nitrogens with zero attached hydrogens (tertiary/aromatic N) is 1. The highest BCUT2D eigenvalue weighted by molar-refractivity contribution is 5.98. The molecule has 0 aromatic rings. The molecule has 19 heavy (non-hydrogen) atoms. The van der Waals surface area contributed by atoms with Gasteiger partial charge < -0.3 is 0 Å². The Morgan fingerprint density at radius 3 is 2.26 bits per heavy atom. The topological polar surface area (TPSA) is 20.3 Å². The Morgan fingerprint density at radius 2 is 1.79 bits per heavy atom. The molecule has 3 rings (SSSR count). The molecule has 2 aliphatic carbocycles. The SMILES string of the molecule is CCC1(N2CCCCC2)C(=O)C2(C)CCC1C2(C)C. The molecule has 3 aliphatic rings. The number of Topliss-reactive ketones (excluding diaryl/α,β-unsaturated/α-hetero) is 1. The van der Waals surface area contributed by atoms with Crippen molar-refractivity contribution >= 4 is 5.78 Å². The van der Waals surface area contributed by atoms with Crippen molar-refractivity contribution in [2.24, 2.45) is 16.7 Å². The highest BCUT2D eigenvalue weighted by Gasteiger charge is 2.73. The van der Waals surface area contributed by atoms with Crippen LogP contribution in [-0.2, 0) is 4.79 Å². The number of carbonyl (C=O) groups excluding carboxylic acids is 1. The van der Waals surface area contributed by atoms with E-state index in [1.807, 2.05) is 0 Å². The second-order valence-electron chi connectivity index (χ2n) is 7.80. The fourth-order valence-corrected chi connectivity index (χ4v) is 5.67. The standard InChI is InChI=1S/C17H29NO/c1-5-17(18-11-7-6-8-12-18)13-9-10-16(4,14(17)19)15(13,2)3/h13H,5-12H2,1-4H3. The molecule has 2 heteroatoms. The molecule has 0 radical (unpaired) electrons. The molecule has 1 aliphatic heterocycles. The fourth-order valence-electron chi connectivity index (χ4n) is 5.67. The highest BCUT2D eigenvalue weighted by atomic mass is 16.1. The van der Waals surface area contributed by atoms with Gasteiger partial charge in [-0.25, -0.2) is 0 Å². The summed E-state index contributed by atoms with van der Waals surface area (Å²) in [7, 11) is 0. The third-order valence-corrected chi connectivity index (χ3v) is 7.16. The second-order valence-corrected chi connectivity index (χ2v) is 7.80. The van der Waals surface area contributed by atoms with Crippen molar-refractivity contribution in [2.75, 3.05) is 13.1 Å². The first-order valence-corrected chi connectivity index (χ1v) is 8.21. The molecule has 0 spiro atoms. The predicted octanol–water partition coefficient (Wildman–Crippen LogP) is 3.65. The lowest BCUT2D eigenvalue weighted by molar-refractivity contribution is -0.141. The number of rotatable bonds is 2. The van der Waals surface area contributed by atoms with Crippen molar-refractivity contribution in [2.45, 2.75) is 71.8 Å². The van der Waals surface area contributed by atoms with E-state index in [4.69, 9.17) is 0 Å². The van der Waals surface area contributed by atoms with Gasteiger partial charge in [0, 0.05) is 5.41 Å². The first-order chi connectivity index (χ1) is 8.91. The molecule has 0 aromatic heterocycles. The minimum absolute atomic E-state index is 0.0783. The Morgan fingerprint density at radius 1 is 1.16 bits per heavy atom. The molecule has 3 unspecified atom stereocenters. The normalized spacial score (nSPS) is 45.9. The van der Waals surface area contributed by atoms with Crippen LogP contribution in [0.15, 0.2) is 0 Å². The van der Waals surface area contributed by atoms with E-state index in [1.165, 1.54) is 25.7 Å². The summed E-state index contributed by atoms with van der Waals surface area (Å²) in [5, 5.41) is 0. The van der Waals surface area contributed by atoms with Gasteiger partial charge in [0.05, 0.1) is 5.54 Å². The lowest BCUT2D eigenvalue weighted by atomic mass is 9.70. The van der Waals surface area contributed by atoms with Crippen molar-refractivity contribution < 1.29 is 4.79 Å². The number of likely N-dealkylation sites (tertiary alicyclic amines) is 1. The van der Waals surface area contributed by atoms with E-state index in [9.17, 15) is 4.79 Å². The molecule has 3 fully saturated rings. The summed E-state index contributed by atoms with van der Waals surface area (Å²) in [6.07, 6.45) is 7.27. The highest BCUT2D eigenvalue weighted by Crippen LogP contribution is 2.69. The predicted molar refractivity (Wildman–Crippen MR) is 78.1 cm³/mol. The zero-order chi connectivity index (χ0) is 13.9. The van der Waals surface area contributed by atoms with Crippen LogP contribution in [0, 0.1) is 16.7 Å². The summed E-state index contributed by atoms with van der Waals surface area (Å²) >= 11 is 0. The van der Waals surface area contributed by atoms with Crippen LogP contribution in [0.5, 0.6) is 0 Å². The van der Waals surface area contributed by atoms with Gasteiger partial charge in [0.15, 0.2) is 5.78 Å². The van der Waals surface area contributed by atoms with Gasteiger partial charge in [-0.15, -0.1) is 0 Å². The molecule has 1 saturated heterocycles. The largest absolute Gasteiger partial charge is 0.297 e. The van der Waals surface area contributed by atoms with E-state index in [2.05, 4.69) is 32.6 Å². The second kappa shape index (κ2) is 4.07. The maximum atomic E-state index is 13.3. The summed E-state index contributed by atoms with van der Waals surface area (Å²) in [6.45, 7) is 11.5. The molecule has 108 valence electrons. The van der Waals surface area contributed by atoms with Crippen LogP contribution >= 0.6 is 0 Å². The quantitative estimate of drug-likeness (QED) is 0.758. The summed E-state index contributed by atoms with van der Waals surface area (Å²) in [4.78, 5) is 15.9. The third-order valence-electron chi connectivity index (χ3n) is 7.16. The molecule has 3 atom stereocenters. The van der Waals surface area contributed by atoms with Gasteiger partial charge in [-0.3, -0.25) is 9.69 Å². The molecule has 1 heterocycles. The fraction of sp³-hybridized carbons (Fsp3) is 0.941. The number of carbonyl (C=O) groups is 1. The van der Waals surface area contributed by atoms with Crippen LogP contribution in [0.1, 0.15) is 66.2 Å². The maximum Gasteiger partial charge on any atom is 0.159 e. The van der Waals surface area contributed by atoms with E-state index in [-0.39, 0.29) is 16.4 Å². The summed E-state index contributed by atoms with van der Waals surface area (Å²) in [6, 6.07) is 0. The smallest absolute Gasteiger partial charge is 0.159 e. The van der Waals surface area contributed by atoms with Crippen LogP contribution in [0.2, 0.25) is 0 Å². The van der Waals surface area contributed by atoms with Crippen molar-refractivity contribution in [3.63, 3.8) is 0 Å². The average Bonchev–Trinajstić information content (AvgIpc) is 2.72. The van der Waals surface area contributed by atoms with Crippen molar-refractivity contribution in [3.05, 3.63) is 0 Å². The van der Waals surface area contributed by atoms with Gasteiger partial charge in [-0.05, 0) is 56.5 Å². The van der Waals surface area contributed by atoms with Crippen LogP contribution in [-0.4, -0.2) is 29.3 Å². The molecule has 0 aromatic carbocycles. The van der Waals surface area contributed by atoms with Gasteiger partial charge in [0.2, 0.25) is 0 Å². The Labute approximate surface area is 117 Å². The van der Waals surface area contributed by atoms with Crippen molar-refractivity contribution in [1.29, 1.82) is 0 Å². The number of ketones is 1. The summed E-state index contributed by atoms with van der Waals surface area (Å²) in [5.74, 6) is 1.14. The number of hydrogen-bond donors (Lipinski definition) is 0.